The number of hydrogen-bond acceptors (Lipinski definition) is 4. The van der Waals surface area contributed by atoms with Crippen molar-refractivity contribution < 1.29 is 9.66 Å². The van der Waals surface area contributed by atoms with Crippen LogP contribution in [0.4, 0.5) is 5.69 Å². The van der Waals surface area contributed by atoms with Crippen molar-refractivity contribution in [1.82, 2.24) is 0 Å². The number of nitriles is 1. The lowest BCUT2D eigenvalue weighted by Crippen LogP contribution is -1.95. The Bertz CT molecular complexity index is 728. The van der Waals surface area contributed by atoms with Crippen molar-refractivity contribution in [2.45, 2.75) is 0 Å². The summed E-state index contributed by atoms with van der Waals surface area (Å²) in [4.78, 5) is 10.4. The molecule has 0 atom stereocenters. The SMILES string of the molecule is N#Cc1ccc(Br)cc1Oc1c(Cl)cccc1[N+](=O)[O-]. The molecule has 0 aliphatic rings. The minimum Gasteiger partial charge on any atom is -0.447 e. The number of nitrogens with zero attached hydrogens (tertiary/aromatic N) is 2. The molecule has 0 saturated heterocycles. The van der Waals surface area contributed by atoms with Crippen LogP contribution in [-0.2, 0) is 0 Å². The smallest absolute Gasteiger partial charge is 0.313 e. The lowest BCUT2D eigenvalue weighted by atomic mass is 10.2. The van der Waals surface area contributed by atoms with Crippen LogP contribution in [0.2, 0.25) is 5.02 Å². The standard InChI is InChI=1S/C13H6BrClN2O3/c14-9-5-4-8(7-16)12(6-9)20-13-10(15)2-1-3-11(13)17(18)19/h1-6H. The Hall–Kier alpha value is -2.10. The summed E-state index contributed by atoms with van der Waals surface area (Å²) in [5.41, 5.74) is -0.0104. The molecule has 2 aromatic carbocycles. The highest BCUT2D eigenvalue weighted by Gasteiger charge is 2.20. The lowest BCUT2D eigenvalue weighted by Gasteiger charge is -2.09. The van der Waals surface area contributed by atoms with Gasteiger partial charge in [0.1, 0.15) is 11.8 Å². The number of ether oxygens (including phenoxy) is 1. The van der Waals surface area contributed by atoms with Crippen LogP contribution < -0.4 is 4.74 Å². The second-order valence-corrected chi connectivity index (χ2v) is 5.02. The summed E-state index contributed by atoms with van der Waals surface area (Å²) in [5.74, 6) is 0.104. The minimum atomic E-state index is -0.592. The van der Waals surface area contributed by atoms with Crippen LogP contribution in [0.3, 0.4) is 0 Å². The van der Waals surface area contributed by atoms with Crippen molar-refractivity contribution in [3.63, 3.8) is 0 Å². The van der Waals surface area contributed by atoms with E-state index >= 15 is 0 Å². The van der Waals surface area contributed by atoms with Crippen LogP contribution in [0.15, 0.2) is 40.9 Å². The Balaban J connectivity index is 2.53. The predicted molar refractivity (Wildman–Crippen MR) is 77.0 cm³/mol. The number of hydrogen-bond donors (Lipinski definition) is 0. The summed E-state index contributed by atoms with van der Waals surface area (Å²) >= 11 is 9.18. The van der Waals surface area contributed by atoms with Crippen molar-refractivity contribution in [3.05, 3.63) is 61.6 Å². The van der Waals surface area contributed by atoms with Crippen LogP contribution in [0.25, 0.3) is 0 Å². The molecule has 0 aromatic heterocycles. The van der Waals surface area contributed by atoms with Crippen molar-refractivity contribution in [2.24, 2.45) is 0 Å². The quantitative estimate of drug-likeness (QED) is 0.593. The number of nitro benzene ring substituents is 1. The molecule has 5 nitrogen and oxygen atoms in total. The van der Waals surface area contributed by atoms with Crippen LogP contribution in [0.1, 0.15) is 5.56 Å². The number of nitro groups is 1. The van der Waals surface area contributed by atoms with Gasteiger partial charge in [0.15, 0.2) is 0 Å². The van der Waals surface area contributed by atoms with Gasteiger partial charge in [-0.3, -0.25) is 10.1 Å². The first-order chi connectivity index (χ1) is 9.52. The molecular weight excluding hydrogens is 348 g/mol. The Labute approximate surface area is 127 Å². The fourth-order valence-electron chi connectivity index (χ4n) is 1.53. The average Bonchev–Trinajstić information content (AvgIpc) is 2.41. The van der Waals surface area contributed by atoms with E-state index in [4.69, 9.17) is 21.6 Å². The summed E-state index contributed by atoms with van der Waals surface area (Å²) in [6.45, 7) is 0. The predicted octanol–water partition coefficient (Wildman–Crippen LogP) is 4.67. The Morgan fingerprint density at radius 1 is 1.35 bits per heavy atom. The van der Waals surface area contributed by atoms with Crippen LogP contribution >= 0.6 is 27.5 Å². The van der Waals surface area contributed by atoms with Crippen LogP contribution in [-0.4, -0.2) is 4.92 Å². The van der Waals surface area contributed by atoms with Crippen molar-refractivity contribution in [2.75, 3.05) is 0 Å². The van der Waals surface area contributed by atoms with E-state index in [-0.39, 0.29) is 27.8 Å². The summed E-state index contributed by atoms with van der Waals surface area (Å²) in [7, 11) is 0. The van der Waals surface area contributed by atoms with Crippen molar-refractivity contribution in [1.29, 1.82) is 5.26 Å². The highest BCUT2D eigenvalue weighted by molar-refractivity contribution is 9.10. The van der Waals surface area contributed by atoms with Gasteiger partial charge in [-0.1, -0.05) is 33.6 Å². The molecule has 20 heavy (non-hydrogen) atoms. The molecule has 7 heteroatoms. The van der Waals surface area contributed by atoms with E-state index in [1.54, 1.807) is 18.2 Å². The van der Waals surface area contributed by atoms with E-state index in [2.05, 4.69) is 15.9 Å². The maximum absolute atomic E-state index is 11.0. The summed E-state index contributed by atoms with van der Waals surface area (Å²) in [6, 6.07) is 10.9. The molecular formula is C13H6BrClN2O3. The minimum absolute atomic E-state index is 0.0891. The van der Waals surface area contributed by atoms with Gasteiger partial charge < -0.3 is 4.74 Å². The van der Waals surface area contributed by atoms with Gasteiger partial charge in [-0.2, -0.15) is 5.26 Å². The molecule has 0 saturated carbocycles. The topological polar surface area (TPSA) is 76.2 Å². The molecule has 0 amide bonds. The molecule has 0 heterocycles. The van der Waals surface area contributed by atoms with E-state index < -0.39 is 4.92 Å². The zero-order valence-electron chi connectivity index (χ0n) is 9.84. The highest BCUT2D eigenvalue weighted by atomic mass is 79.9. The van der Waals surface area contributed by atoms with Gasteiger partial charge in [-0.15, -0.1) is 0 Å². The molecule has 0 spiro atoms. The molecule has 0 radical (unpaired) electrons. The maximum atomic E-state index is 11.0. The molecule has 2 aromatic rings. The van der Waals surface area contributed by atoms with E-state index in [9.17, 15) is 10.1 Å². The van der Waals surface area contributed by atoms with E-state index in [1.165, 1.54) is 18.2 Å². The maximum Gasteiger partial charge on any atom is 0.313 e. The van der Waals surface area contributed by atoms with Gasteiger partial charge in [0.25, 0.3) is 0 Å². The number of rotatable bonds is 3. The number of halogens is 2. The van der Waals surface area contributed by atoms with E-state index in [1.807, 2.05) is 6.07 Å². The van der Waals surface area contributed by atoms with Gasteiger partial charge in [0.05, 0.1) is 15.5 Å². The number of benzene rings is 2. The van der Waals surface area contributed by atoms with Crippen molar-refractivity contribution in [3.8, 4) is 17.6 Å². The fraction of sp³-hybridized carbons (Fsp3) is 0. The molecule has 0 aliphatic heterocycles. The second-order valence-electron chi connectivity index (χ2n) is 3.70. The third kappa shape index (κ3) is 2.90. The highest BCUT2D eigenvalue weighted by Crippen LogP contribution is 2.39. The normalized spacial score (nSPS) is 9.85. The Kier molecular flexibility index (Phi) is 4.23. The average molecular weight is 354 g/mol. The molecule has 0 fully saturated rings. The summed E-state index contributed by atoms with van der Waals surface area (Å²) < 4.78 is 6.16. The van der Waals surface area contributed by atoms with Gasteiger partial charge in [0.2, 0.25) is 5.75 Å². The molecule has 0 aliphatic carbocycles. The van der Waals surface area contributed by atoms with Gasteiger partial charge in [-0.05, 0) is 24.3 Å². The lowest BCUT2D eigenvalue weighted by molar-refractivity contribution is -0.385. The van der Waals surface area contributed by atoms with Crippen LogP contribution in [0, 0.1) is 21.4 Å². The zero-order chi connectivity index (χ0) is 14.7. The van der Waals surface area contributed by atoms with Gasteiger partial charge >= 0.3 is 5.69 Å². The van der Waals surface area contributed by atoms with E-state index in [0.29, 0.717) is 4.47 Å². The zero-order valence-corrected chi connectivity index (χ0v) is 12.2. The van der Waals surface area contributed by atoms with Gasteiger partial charge in [-0.25, -0.2) is 0 Å². The first-order valence-corrected chi connectivity index (χ1v) is 6.50. The largest absolute Gasteiger partial charge is 0.447 e. The monoisotopic (exact) mass is 352 g/mol. The molecule has 100 valence electrons. The first kappa shape index (κ1) is 14.3. The third-order valence-corrected chi connectivity index (χ3v) is 3.21. The third-order valence-electron chi connectivity index (χ3n) is 2.42. The van der Waals surface area contributed by atoms with Crippen LogP contribution in [0.5, 0.6) is 11.5 Å². The van der Waals surface area contributed by atoms with Gasteiger partial charge in [0, 0.05) is 10.5 Å². The molecule has 0 N–H and O–H groups in total. The Morgan fingerprint density at radius 3 is 2.75 bits per heavy atom. The first-order valence-electron chi connectivity index (χ1n) is 5.33. The molecule has 2 rings (SSSR count). The summed E-state index contributed by atoms with van der Waals surface area (Å²) in [6.07, 6.45) is 0. The summed E-state index contributed by atoms with van der Waals surface area (Å²) in [5, 5.41) is 20.1. The Morgan fingerprint density at radius 2 is 2.10 bits per heavy atom. The van der Waals surface area contributed by atoms with Crippen molar-refractivity contribution >= 4 is 33.2 Å². The van der Waals surface area contributed by atoms with E-state index in [0.717, 1.165) is 0 Å². The fourth-order valence-corrected chi connectivity index (χ4v) is 2.07. The second kappa shape index (κ2) is 5.90. The molecule has 0 unspecified atom stereocenters. The number of para-hydroxylation sites is 1. The molecule has 0 bridgehead atoms.